The van der Waals surface area contributed by atoms with E-state index in [1.54, 1.807) is 24.3 Å². The van der Waals surface area contributed by atoms with E-state index in [0.29, 0.717) is 22.3 Å². The SMILES string of the molecule is CC(C)(C)c1ccc2c(c1)-c1cc(C(C)(C)C)ccc1C2P(=O)(OCC(F)(F)F)OCC(F)(F)F. The van der Waals surface area contributed by atoms with Gasteiger partial charge in [-0.3, -0.25) is 13.6 Å². The second kappa shape index (κ2) is 8.93. The van der Waals surface area contributed by atoms with E-state index in [0.717, 1.165) is 11.1 Å². The van der Waals surface area contributed by atoms with Crippen molar-refractivity contribution < 1.29 is 40.0 Å². The highest BCUT2D eigenvalue weighted by atomic mass is 31.2. The Morgan fingerprint density at radius 3 is 1.31 bits per heavy atom. The van der Waals surface area contributed by atoms with Crippen LogP contribution < -0.4 is 0 Å². The van der Waals surface area contributed by atoms with Gasteiger partial charge in [-0.15, -0.1) is 0 Å². The van der Waals surface area contributed by atoms with Crippen LogP contribution in [0.3, 0.4) is 0 Å². The van der Waals surface area contributed by atoms with Crippen LogP contribution in [0.2, 0.25) is 0 Å². The Morgan fingerprint density at radius 1 is 0.686 bits per heavy atom. The van der Waals surface area contributed by atoms with Gasteiger partial charge in [-0.2, -0.15) is 26.3 Å². The summed E-state index contributed by atoms with van der Waals surface area (Å²) in [5, 5.41) is 0. The van der Waals surface area contributed by atoms with Gasteiger partial charge in [0.15, 0.2) is 13.2 Å². The number of fused-ring (bicyclic) bond motifs is 3. The summed E-state index contributed by atoms with van der Waals surface area (Å²) in [5.41, 5.74) is 1.64. The van der Waals surface area contributed by atoms with Crippen LogP contribution in [0.5, 0.6) is 0 Å². The third kappa shape index (κ3) is 6.30. The number of rotatable bonds is 5. The van der Waals surface area contributed by atoms with Crippen molar-refractivity contribution in [3.05, 3.63) is 58.7 Å². The van der Waals surface area contributed by atoms with Gasteiger partial charge in [-0.1, -0.05) is 77.9 Å². The predicted molar refractivity (Wildman–Crippen MR) is 123 cm³/mol. The van der Waals surface area contributed by atoms with E-state index in [9.17, 15) is 30.9 Å². The van der Waals surface area contributed by atoms with E-state index in [1.165, 1.54) is 0 Å². The third-order valence-electron chi connectivity index (χ3n) is 5.85. The highest BCUT2D eigenvalue weighted by Crippen LogP contribution is 2.69. The lowest BCUT2D eigenvalue weighted by Crippen LogP contribution is -2.22. The fourth-order valence-electron chi connectivity index (χ4n) is 4.01. The zero-order valence-electron chi connectivity index (χ0n) is 20.4. The Labute approximate surface area is 201 Å². The summed E-state index contributed by atoms with van der Waals surface area (Å²) in [6.07, 6.45) is -9.82. The molecule has 0 radical (unpaired) electrons. The van der Waals surface area contributed by atoms with Crippen molar-refractivity contribution in [2.45, 2.75) is 70.4 Å². The Morgan fingerprint density at radius 2 is 1.03 bits per heavy atom. The van der Waals surface area contributed by atoms with Crippen molar-refractivity contribution in [3.8, 4) is 11.1 Å². The molecule has 0 atom stereocenters. The summed E-state index contributed by atoms with van der Waals surface area (Å²) in [6.45, 7) is 7.91. The van der Waals surface area contributed by atoms with Gasteiger partial charge in [-0.25, -0.2) is 0 Å². The smallest absolute Gasteiger partial charge is 0.298 e. The lowest BCUT2D eigenvalue weighted by Gasteiger charge is -2.27. The summed E-state index contributed by atoms with van der Waals surface area (Å²) < 4.78 is 101. The third-order valence-corrected chi connectivity index (χ3v) is 8.02. The number of hydrogen-bond acceptors (Lipinski definition) is 3. The van der Waals surface area contributed by atoms with Gasteiger partial charge < -0.3 is 0 Å². The molecule has 0 unspecified atom stereocenters. The van der Waals surface area contributed by atoms with Crippen molar-refractivity contribution in [1.29, 1.82) is 0 Å². The largest absolute Gasteiger partial charge is 0.412 e. The molecule has 0 heterocycles. The molecular weight excluding hydrogens is 493 g/mol. The van der Waals surface area contributed by atoms with Gasteiger partial charge in [0.1, 0.15) is 5.66 Å². The summed E-state index contributed by atoms with van der Waals surface area (Å²) in [4.78, 5) is 0. The molecule has 2 aromatic carbocycles. The molecule has 0 saturated heterocycles. The maximum atomic E-state index is 13.8. The molecule has 0 N–H and O–H groups in total. The minimum Gasteiger partial charge on any atom is -0.298 e. The van der Waals surface area contributed by atoms with Crippen LogP contribution in [0.25, 0.3) is 11.1 Å². The summed E-state index contributed by atoms with van der Waals surface area (Å²) in [5.74, 6) is 0. The Bertz CT molecular complexity index is 1050. The Kier molecular flexibility index (Phi) is 7.08. The first-order chi connectivity index (χ1) is 15.7. The van der Waals surface area contributed by atoms with Crippen LogP contribution in [0.1, 0.15) is 69.5 Å². The standard InChI is InChI=1S/C25H29F6O3P/c1-22(2,3)15-7-9-17-19(11-15)20-12-16(23(4,5)6)8-10-18(20)21(17)35(32,33-13-24(26,27)28)34-14-25(29,30)31/h7-12,21H,13-14H2,1-6H3. The molecule has 10 heteroatoms. The van der Waals surface area contributed by atoms with Crippen molar-refractivity contribution in [2.75, 3.05) is 13.2 Å². The first-order valence-electron chi connectivity index (χ1n) is 11.0. The average Bonchev–Trinajstić information content (AvgIpc) is 3.02. The van der Waals surface area contributed by atoms with E-state index in [4.69, 9.17) is 9.05 Å². The normalized spacial score (nSPS) is 15.3. The van der Waals surface area contributed by atoms with Gasteiger partial charge in [0.05, 0.1) is 0 Å². The minimum atomic E-state index is -4.98. The molecule has 1 aliphatic carbocycles. The second-order valence-corrected chi connectivity index (χ2v) is 12.9. The van der Waals surface area contributed by atoms with Gasteiger partial charge >= 0.3 is 19.9 Å². The maximum absolute atomic E-state index is 13.8. The van der Waals surface area contributed by atoms with E-state index < -0.39 is 38.8 Å². The first-order valence-corrected chi connectivity index (χ1v) is 12.6. The van der Waals surface area contributed by atoms with Gasteiger partial charge in [-0.05, 0) is 44.2 Å². The van der Waals surface area contributed by atoms with Crippen LogP contribution in [0.15, 0.2) is 36.4 Å². The highest BCUT2D eigenvalue weighted by Gasteiger charge is 2.49. The lowest BCUT2D eigenvalue weighted by atomic mass is 9.83. The molecule has 0 amide bonds. The quantitative estimate of drug-likeness (QED) is 0.291. The zero-order chi connectivity index (χ0) is 26.6. The fraction of sp³-hybridized carbons (Fsp3) is 0.520. The van der Waals surface area contributed by atoms with Crippen molar-refractivity contribution in [2.24, 2.45) is 0 Å². The van der Waals surface area contributed by atoms with E-state index in [1.807, 2.05) is 53.7 Å². The highest BCUT2D eigenvalue weighted by molar-refractivity contribution is 7.54. The fourth-order valence-corrected chi connectivity index (χ4v) is 6.17. The van der Waals surface area contributed by atoms with Crippen molar-refractivity contribution in [3.63, 3.8) is 0 Å². The van der Waals surface area contributed by atoms with Gasteiger partial charge in [0.2, 0.25) is 0 Å². The summed E-state index contributed by atoms with van der Waals surface area (Å²) >= 11 is 0. The van der Waals surface area contributed by atoms with Crippen LogP contribution in [0, 0.1) is 0 Å². The molecular formula is C25H29F6O3P. The summed E-state index contributed by atoms with van der Waals surface area (Å²) in [6, 6.07) is 10.4. The Hall–Kier alpha value is -1.83. The molecule has 0 spiro atoms. The van der Waals surface area contributed by atoms with E-state index in [2.05, 4.69) is 0 Å². The zero-order valence-corrected chi connectivity index (χ0v) is 21.3. The number of benzene rings is 2. The number of halogens is 6. The molecule has 2 aromatic rings. The Balaban J connectivity index is 2.24. The van der Waals surface area contributed by atoms with Crippen LogP contribution >= 0.6 is 7.60 Å². The first kappa shape index (κ1) is 27.8. The maximum Gasteiger partial charge on any atom is 0.412 e. The van der Waals surface area contributed by atoms with E-state index in [-0.39, 0.29) is 10.8 Å². The van der Waals surface area contributed by atoms with Crippen LogP contribution in [-0.4, -0.2) is 25.6 Å². The molecule has 0 saturated carbocycles. The average molecular weight is 522 g/mol. The van der Waals surface area contributed by atoms with Crippen LogP contribution in [0.4, 0.5) is 26.3 Å². The lowest BCUT2D eigenvalue weighted by molar-refractivity contribution is -0.165. The molecule has 3 nitrogen and oxygen atoms in total. The molecule has 3 rings (SSSR count). The molecule has 0 aliphatic heterocycles. The summed E-state index contributed by atoms with van der Waals surface area (Å²) in [7, 11) is -4.98. The van der Waals surface area contributed by atoms with Crippen molar-refractivity contribution >= 4 is 7.60 Å². The van der Waals surface area contributed by atoms with Crippen molar-refractivity contribution in [1.82, 2.24) is 0 Å². The van der Waals surface area contributed by atoms with Gasteiger partial charge in [0, 0.05) is 0 Å². The molecule has 35 heavy (non-hydrogen) atoms. The molecule has 194 valence electrons. The van der Waals surface area contributed by atoms with Crippen LogP contribution in [-0.2, 0) is 24.4 Å². The van der Waals surface area contributed by atoms with E-state index >= 15 is 0 Å². The monoisotopic (exact) mass is 522 g/mol. The molecule has 0 aromatic heterocycles. The topological polar surface area (TPSA) is 35.5 Å². The predicted octanol–water partition coefficient (Wildman–Crippen LogP) is 8.70. The molecule has 0 fully saturated rings. The van der Waals surface area contributed by atoms with Gasteiger partial charge in [0.25, 0.3) is 0 Å². The minimum absolute atomic E-state index is 0.280. The number of hydrogen-bond donors (Lipinski definition) is 0. The molecule has 0 bridgehead atoms. The number of alkyl halides is 6. The molecule has 1 aliphatic rings. The second-order valence-electron chi connectivity index (χ2n) is 10.8.